The zero-order chi connectivity index (χ0) is 12.8. The summed E-state index contributed by atoms with van der Waals surface area (Å²) in [6.45, 7) is 9.02. The first kappa shape index (κ1) is 14.5. The molecule has 2 N–H and O–H groups in total. The summed E-state index contributed by atoms with van der Waals surface area (Å²) in [7, 11) is 2.14. The van der Waals surface area contributed by atoms with E-state index in [0.717, 1.165) is 25.9 Å². The fraction of sp³-hybridized carbons (Fsp3) is 0.923. The second kappa shape index (κ2) is 6.97. The van der Waals surface area contributed by atoms with E-state index in [4.69, 9.17) is 0 Å². The maximum Gasteiger partial charge on any atom is 0.234 e. The van der Waals surface area contributed by atoms with E-state index in [9.17, 15) is 4.79 Å². The molecule has 0 aliphatic carbocycles. The summed E-state index contributed by atoms with van der Waals surface area (Å²) in [6, 6.07) is 0.757. The molecule has 3 atom stereocenters. The van der Waals surface area contributed by atoms with Crippen molar-refractivity contribution < 1.29 is 4.79 Å². The average Bonchev–Trinajstić information content (AvgIpc) is 2.29. The third kappa shape index (κ3) is 5.04. The van der Waals surface area contributed by atoms with Crippen molar-refractivity contribution in [1.82, 2.24) is 15.5 Å². The number of rotatable bonds is 5. The first-order valence-electron chi connectivity index (χ1n) is 6.74. The molecule has 17 heavy (non-hydrogen) atoms. The first-order valence-corrected chi connectivity index (χ1v) is 6.74. The van der Waals surface area contributed by atoms with Crippen LogP contribution in [0.15, 0.2) is 0 Å². The molecule has 0 aromatic rings. The van der Waals surface area contributed by atoms with Gasteiger partial charge in [-0.1, -0.05) is 13.8 Å². The Morgan fingerprint density at radius 1 is 1.53 bits per heavy atom. The summed E-state index contributed by atoms with van der Waals surface area (Å²) in [5.74, 6) is 0.674. The highest BCUT2D eigenvalue weighted by atomic mass is 16.2. The fourth-order valence-electron chi connectivity index (χ4n) is 2.24. The predicted octanol–water partition coefficient (Wildman–Crippen LogP) is 0.831. The van der Waals surface area contributed by atoms with Gasteiger partial charge in [0, 0.05) is 18.6 Å². The number of amides is 1. The van der Waals surface area contributed by atoms with E-state index in [1.807, 2.05) is 0 Å². The molecule has 1 amide bonds. The highest BCUT2D eigenvalue weighted by molar-refractivity contribution is 5.78. The molecule has 1 rings (SSSR count). The van der Waals surface area contributed by atoms with Gasteiger partial charge in [0.2, 0.25) is 5.91 Å². The van der Waals surface area contributed by atoms with Crippen molar-refractivity contribution in [2.45, 2.75) is 45.7 Å². The number of carbonyl (C=O) groups is 1. The van der Waals surface area contributed by atoms with Crippen molar-refractivity contribution in [3.63, 3.8) is 0 Å². The Bertz CT molecular complexity index is 245. The number of hydrogen-bond acceptors (Lipinski definition) is 3. The molecule has 1 heterocycles. The van der Waals surface area contributed by atoms with E-state index in [1.54, 1.807) is 0 Å². The zero-order valence-electron chi connectivity index (χ0n) is 11.6. The van der Waals surface area contributed by atoms with E-state index in [0.29, 0.717) is 24.5 Å². The molecule has 0 spiro atoms. The lowest BCUT2D eigenvalue weighted by Crippen LogP contribution is -2.51. The molecule has 1 aliphatic heterocycles. The number of carbonyl (C=O) groups excluding carboxylic acids is 1. The van der Waals surface area contributed by atoms with Gasteiger partial charge in [0.1, 0.15) is 0 Å². The number of nitrogens with zero attached hydrogens (tertiary/aromatic N) is 1. The van der Waals surface area contributed by atoms with Gasteiger partial charge in [-0.25, -0.2) is 0 Å². The summed E-state index contributed by atoms with van der Waals surface area (Å²) in [5, 5.41) is 6.36. The van der Waals surface area contributed by atoms with Crippen LogP contribution >= 0.6 is 0 Å². The van der Waals surface area contributed by atoms with Crippen LogP contribution in [-0.4, -0.2) is 49.6 Å². The monoisotopic (exact) mass is 241 g/mol. The van der Waals surface area contributed by atoms with Gasteiger partial charge in [-0.05, 0) is 39.3 Å². The normalized spacial score (nSPS) is 27.8. The third-order valence-corrected chi connectivity index (χ3v) is 3.68. The van der Waals surface area contributed by atoms with E-state index in [2.05, 4.69) is 43.4 Å². The number of piperidine rings is 1. The average molecular weight is 241 g/mol. The fourth-order valence-corrected chi connectivity index (χ4v) is 2.24. The molecule has 3 unspecified atom stereocenters. The van der Waals surface area contributed by atoms with Gasteiger partial charge in [0.05, 0.1) is 6.54 Å². The molecule has 1 saturated heterocycles. The lowest BCUT2D eigenvalue weighted by molar-refractivity contribution is -0.121. The Hall–Kier alpha value is -0.610. The van der Waals surface area contributed by atoms with Crippen LogP contribution < -0.4 is 10.6 Å². The molecule has 0 aromatic carbocycles. The molecule has 4 heteroatoms. The van der Waals surface area contributed by atoms with E-state index in [-0.39, 0.29) is 5.91 Å². The highest BCUT2D eigenvalue weighted by Gasteiger charge is 2.25. The van der Waals surface area contributed by atoms with Crippen LogP contribution in [0, 0.1) is 5.92 Å². The van der Waals surface area contributed by atoms with Crippen LogP contribution in [-0.2, 0) is 4.79 Å². The van der Waals surface area contributed by atoms with Gasteiger partial charge < -0.3 is 15.5 Å². The molecule has 0 aromatic heterocycles. The minimum atomic E-state index is 0.131. The predicted molar refractivity (Wildman–Crippen MR) is 71.0 cm³/mol. The largest absolute Gasteiger partial charge is 0.352 e. The Labute approximate surface area is 105 Å². The minimum Gasteiger partial charge on any atom is -0.352 e. The summed E-state index contributed by atoms with van der Waals surface area (Å²) in [5.41, 5.74) is 0. The Balaban J connectivity index is 2.26. The van der Waals surface area contributed by atoms with E-state index < -0.39 is 0 Å². The van der Waals surface area contributed by atoms with Crippen LogP contribution in [0.2, 0.25) is 0 Å². The van der Waals surface area contributed by atoms with Crippen molar-refractivity contribution >= 4 is 5.91 Å². The maximum absolute atomic E-state index is 11.8. The van der Waals surface area contributed by atoms with Crippen LogP contribution in [0.4, 0.5) is 0 Å². The lowest BCUT2D eigenvalue weighted by Gasteiger charge is -2.35. The summed E-state index contributed by atoms with van der Waals surface area (Å²) in [4.78, 5) is 14.1. The van der Waals surface area contributed by atoms with Crippen molar-refractivity contribution in [3.05, 3.63) is 0 Å². The molecule has 0 bridgehead atoms. The van der Waals surface area contributed by atoms with Crippen LogP contribution in [0.25, 0.3) is 0 Å². The molecule has 1 fully saturated rings. The highest BCUT2D eigenvalue weighted by Crippen LogP contribution is 2.14. The maximum atomic E-state index is 11.8. The zero-order valence-corrected chi connectivity index (χ0v) is 11.6. The van der Waals surface area contributed by atoms with Crippen molar-refractivity contribution in [2.24, 2.45) is 5.92 Å². The second-order valence-corrected chi connectivity index (χ2v) is 5.39. The molecule has 0 radical (unpaired) electrons. The Morgan fingerprint density at radius 3 is 2.82 bits per heavy atom. The Kier molecular flexibility index (Phi) is 5.92. The van der Waals surface area contributed by atoms with Crippen LogP contribution in [0.3, 0.4) is 0 Å². The van der Waals surface area contributed by atoms with Crippen LogP contribution in [0.1, 0.15) is 33.6 Å². The second-order valence-electron chi connectivity index (χ2n) is 5.39. The third-order valence-electron chi connectivity index (χ3n) is 3.68. The summed E-state index contributed by atoms with van der Waals surface area (Å²) in [6.07, 6.45) is 2.12. The van der Waals surface area contributed by atoms with Crippen molar-refractivity contribution in [2.75, 3.05) is 26.7 Å². The van der Waals surface area contributed by atoms with Gasteiger partial charge in [-0.3, -0.25) is 4.79 Å². The van der Waals surface area contributed by atoms with Gasteiger partial charge >= 0.3 is 0 Å². The molecular weight excluding hydrogens is 214 g/mol. The van der Waals surface area contributed by atoms with Gasteiger partial charge in [0.15, 0.2) is 0 Å². The molecule has 100 valence electrons. The Morgan fingerprint density at radius 2 is 2.24 bits per heavy atom. The molecular formula is C13H27N3O. The van der Waals surface area contributed by atoms with Gasteiger partial charge in [0.25, 0.3) is 0 Å². The minimum absolute atomic E-state index is 0.131. The molecule has 4 nitrogen and oxygen atoms in total. The molecule has 1 aliphatic rings. The summed E-state index contributed by atoms with van der Waals surface area (Å²) < 4.78 is 0. The first-order chi connectivity index (χ1) is 8.02. The number of hydrogen-bond donors (Lipinski definition) is 2. The molecule has 0 saturated carbocycles. The van der Waals surface area contributed by atoms with E-state index in [1.165, 1.54) is 0 Å². The number of likely N-dealkylation sites (tertiary alicyclic amines) is 1. The lowest BCUT2D eigenvalue weighted by atomic mass is 9.94. The van der Waals surface area contributed by atoms with E-state index >= 15 is 0 Å². The van der Waals surface area contributed by atoms with Gasteiger partial charge in [-0.15, -0.1) is 0 Å². The SMILES string of the molecule is CCC(C)NCC(=O)NC1CCN(C)CC1C. The summed E-state index contributed by atoms with van der Waals surface area (Å²) >= 11 is 0. The number of nitrogens with one attached hydrogen (secondary N) is 2. The van der Waals surface area contributed by atoms with Crippen LogP contribution in [0.5, 0.6) is 0 Å². The van der Waals surface area contributed by atoms with Crippen molar-refractivity contribution in [1.29, 1.82) is 0 Å². The van der Waals surface area contributed by atoms with Crippen molar-refractivity contribution in [3.8, 4) is 0 Å². The smallest absolute Gasteiger partial charge is 0.234 e. The van der Waals surface area contributed by atoms with Gasteiger partial charge in [-0.2, -0.15) is 0 Å². The quantitative estimate of drug-likeness (QED) is 0.749. The topological polar surface area (TPSA) is 44.4 Å². The standard InChI is InChI=1S/C13H27N3O/c1-5-11(3)14-8-13(17)15-12-6-7-16(4)9-10(12)2/h10-12,14H,5-9H2,1-4H3,(H,15,17).